The third-order valence-corrected chi connectivity index (χ3v) is 5.24. The predicted molar refractivity (Wildman–Crippen MR) is 124 cm³/mol. The Morgan fingerprint density at radius 2 is 1.59 bits per heavy atom. The van der Waals surface area contributed by atoms with Gasteiger partial charge in [-0.2, -0.15) is 0 Å². The lowest BCUT2D eigenvalue weighted by Gasteiger charge is -2.15. The van der Waals surface area contributed by atoms with E-state index in [-0.39, 0.29) is 24.4 Å². The summed E-state index contributed by atoms with van der Waals surface area (Å²) in [5.74, 6) is -0.525. The first-order valence-corrected chi connectivity index (χ1v) is 10.4. The lowest BCUT2D eigenvalue weighted by Crippen LogP contribution is -2.38. The summed E-state index contributed by atoms with van der Waals surface area (Å²) in [7, 11) is 0. The zero-order valence-corrected chi connectivity index (χ0v) is 17.7. The Morgan fingerprint density at radius 3 is 2.25 bits per heavy atom. The van der Waals surface area contributed by atoms with E-state index in [1.165, 1.54) is 0 Å². The van der Waals surface area contributed by atoms with Crippen molar-refractivity contribution in [1.29, 1.82) is 0 Å². The standard InChI is InChI=1S/C26H24N4O2/c1-19(20-11-13-24(14-12-20)30-16-15-27-18-30)29-25(31)17-28-26(32)23-9-7-22(8-10-23)21-5-3-2-4-6-21/h2-16,18-19H,17H2,1H3,(H,28,32)(H,29,31)/t19-/m1/s1. The molecule has 2 amide bonds. The number of carbonyl (C=O) groups is 2. The molecule has 0 aliphatic heterocycles. The number of nitrogens with one attached hydrogen (secondary N) is 2. The molecule has 32 heavy (non-hydrogen) atoms. The first-order chi connectivity index (χ1) is 15.6. The van der Waals surface area contributed by atoms with Crippen LogP contribution < -0.4 is 10.6 Å². The van der Waals surface area contributed by atoms with Gasteiger partial charge in [0.2, 0.25) is 5.91 Å². The van der Waals surface area contributed by atoms with Crippen LogP contribution in [0.3, 0.4) is 0 Å². The fraction of sp³-hybridized carbons (Fsp3) is 0.115. The van der Waals surface area contributed by atoms with Gasteiger partial charge in [0.1, 0.15) is 0 Å². The fourth-order valence-corrected chi connectivity index (χ4v) is 3.43. The van der Waals surface area contributed by atoms with Crippen LogP contribution in [0, 0.1) is 0 Å². The molecule has 2 N–H and O–H groups in total. The quantitative estimate of drug-likeness (QED) is 0.468. The molecule has 4 aromatic rings. The minimum atomic E-state index is -0.280. The highest BCUT2D eigenvalue weighted by Gasteiger charge is 2.12. The van der Waals surface area contributed by atoms with Crippen molar-refractivity contribution in [2.45, 2.75) is 13.0 Å². The average molecular weight is 425 g/mol. The van der Waals surface area contributed by atoms with Crippen molar-refractivity contribution in [3.8, 4) is 16.8 Å². The van der Waals surface area contributed by atoms with Gasteiger partial charge in [-0.1, -0.05) is 54.6 Å². The molecule has 1 heterocycles. The topological polar surface area (TPSA) is 76.0 Å². The second-order valence-electron chi connectivity index (χ2n) is 7.48. The Hall–Kier alpha value is -4.19. The maximum atomic E-state index is 12.4. The van der Waals surface area contributed by atoms with Gasteiger partial charge in [-0.15, -0.1) is 0 Å². The normalized spacial score (nSPS) is 11.5. The van der Waals surface area contributed by atoms with Crippen LogP contribution in [0.2, 0.25) is 0 Å². The summed E-state index contributed by atoms with van der Waals surface area (Å²) in [6, 6.07) is 25.0. The summed E-state index contributed by atoms with van der Waals surface area (Å²) in [4.78, 5) is 28.8. The molecule has 1 atom stereocenters. The maximum Gasteiger partial charge on any atom is 0.251 e. The molecular weight excluding hydrogens is 400 g/mol. The molecule has 0 aliphatic rings. The SMILES string of the molecule is C[C@@H](NC(=O)CNC(=O)c1ccc(-c2ccccc2)cc1)c1ccc(-n2ccnc2)cc1. The molecule has 4 rings (SSSR count). The minimum absolute atomic E-state index is 0.0866. The van der Waals surface area contributed by atoms with Crippen LogP contribution >= 0.6 is 0 Å². The minimum Gasteiger partial charge on any atom is -0.348 e. The number of nitrogens with zero attached hydrogens (tertiary/aromatic N) is 2. The number of imidazole rings is 1. The Kier molecular flexibility index (Phi) is 6.41. The average Bonchev–Trinajstić information content (AvgIpc) is 3.38. The summed E-state index contributed by atoms with van der Waals surface area (Å²) in [6.45, 7) is 1.82. The molecule has 1 aromatic heterocycles. The monoisotopic (exact) mass is 424 g/mol. The number of hydrogen-bond acceptors (Lipinski definition) is 3. The number of hydrogen-bond donors (Lipinski definition) is 2. The zero-order chi connectivity index (χ0) is 22.3. The molecule has 0 spiro atoms. The molecule has 0 saturated carbocycles. The number of aromatic nitrogens is 2. The largest absolute Gasteiger partial charge is 0.348 e. The smallest absolute Gasteiger partial charge is 0.251 e. The van der Waals surface area contributed by atoms with Crippen molar-refractivity contribution in [3.05, 3.63) is 109 Å². The van der Waals surface area contributed by atoms with Crippen LogP contribution in [0.15, 0.2) is 97.6 Å². The van der Waals surface area contributed by atoms with E-state index in [1.807, 2.05) is 84.4 Å². The number of carbonyl (C=O) groups excluding carboxylic acids is 2. The highest BCUT2D eigenvalue weighted by molar-refractivity contribution is 5.96. The van der Waals surface area contributed by atoms with Gasteiger partial charge in [0.25, 0.3) is 5.91 Å². The molecule has 3 aromatic carbocycles. The second-order valence-corrected chi connectivity index (χ2v) is 7.48. The Labute approximate surface area is 186 Å². The lowest BCUT2D eigenvalue weighted by molar-refractivity contribution is -0.120. The number of rotatable bonds is 7. The van der Waals surface area contributed by atoms with E-state index in [2.05, 4.69) is 15.6 Å². The number of amides is 2. The van der Waals surface area contributed by atoms with Crippen LogP contribution in [0.4, 0.5) is 0 Å². The molecular formula is C26H24N4O2. The number of benzene rings is 3. The first-order valence-electron chi connectivity index (χ1n) is 10.4. The molecule has 0 aliphatic carbocycles. The Morgan fingerprint density at radius 1 is 0.906 bits per heavy atom. The van der Waals surface area contributed by atoms with Gasteiger partial charge in [0, 0.05) is 23.6 Å². The van der Waals surface area contributed by atoms with Crippen LogP contribution in [-0.4, -0.2) is 27.9 Å². The van der Waals surface area contributed by atoms with Crippen LogP contribution in [-0.2, 0) is 4.79 Å². The molecule has 160 valence electrons. The van der Waals surface area contributed by atoms with Gasteiger partial charge in [0.05, 0.1) is 18.9 Å². The van der Waals surface area contributed by atoms with E-state index in [0.29, 0.717) is 5.56 Å². The zero-order valence-electron chi connectivity index (χ0n) is 17.7. The predicted octanol–water partition coefficient (Wildman–Crippen LogP) is 4.15. The molecule has 0 radical (unpaired) electrons. The third-order valence-electron chi connectivity index (χ3n) is 5.24. The van der Waals surface area contributed by atoms with Crippen molar-refractivity contribution in [2.24, 2.45) is 0 Å². The fourth-order valence-electron chi connectivity index (χ4n) is 3.43. The maximum absolute atomic E-state index is 12.4. The van der Waals surface area contributed by atoms with Gasteiger partial charge in [-0.05, 0) is 47.9 Å². The van der Waals surface area contributed by atoms with E-state index >= 15 is 0 Å². The van der Waals surface area contributed by atoms with E-state index in [0.717, 1.165) is 22.4 Å². The van der Waals surface area contributed by atoms with Crippen LogP contribution in [0.25, 0.3) is 16.8 Å². The molecule has 0 unspecified atom stereocenters. The highest BCUT2D eigenvalue weighted by atomic mass is 16.2. The van der Waals surface area contributed by atoms with E-state index in [9.17, 15) is 9.59 Å². The third kappa shape index (κ3) is 5.10. The van der Waals surface area contributed by atoms with Gasteiger partial charge in [0.15, 0.2) is 0 Å². The van der Waals surface area contributed by atoms with Gasteiger partial charge in [-0.25, -0.2) is 4.98 Å². The van der Waals surface area contributed by atoms with Crippen LogP contribution in [0.5, 0.6) is 0 Å². The van der Waals surface area contributed by atoms with E-state index in [1.54, 1.807) is 24.7 Å². The lowest BCUT2D eigenvalue weighted by atomic mass is 10.0. The van der Waals surface area contributed by atoms with Crippen molar-refractivity contribution < 1.29 is 9.59 Å². The molecule has 6 heteroatoms. The van der Waals surface area contributed by atoms with Crippen molar-refractivity contribution >= 4 is 11.8 Å². The van der Waals surface area contributed by atoms with Crippen molar-refractivity contribution in [1.82, 2.24) is 20.2 Å². The summed E-state index contributed by atoms with van der Waals surface area (Å²) < 4.78 is 1.91. The van der Waals surface area contributed by atoms with Crippen LogP contribution in [0.1, 0.15) is 28.9 Å². The van der Waals surface area contributed by atoms with Gasteiger partial charge in [-0.3, -0.25) is 9.59 Å². The highest BCUT2D eigenvalue weighted by Crippen LogP contribution is 2.19. The van der Waals surface area contributed by atoms with Crippen molar-refractivity contribution in [3.63, 3.8) is 0 Å². The second kappa shape index (κ2) is 9.75. The van der Waals surface area contributed by atoms with E-state index in [4.69, 9.17) is 0 Å². The Balaban J connectivity index is 1.28. The molecule has 6 nitrogen and oxygen atoms in total. The van der Waals surface area contributed by atoms with Gasteiger partial charge < -0.3 is 15.2 Å². The summed E-state index contributed by atoms with van der Waals surface area (Å²) in [6.07, 6.45) is 5.33. The molecule has 0 saturated heterocycles. The molecule has 0 fully saturated rings. The Bertz CT molecular complexity index is 1170. The van der Waals surface area contributed by atoms with Gasteiger partial charge >= 0.3 is 0 Å². The van der Waals surface area contributed by atoms with E-state index < -0.39 is 0 Å². The summed E-state index contributed by atoms with van der Waals surface area (Å²) in [5, 5.41) is 5.60. The molecule has 0 bridgehead atoms. The summed E-state index contributed by atoms with van der Waals surface area (Å²) in [5.41, 5.74) is 4.61. The first kappa shape index (κ1) is 21.1. The van der Waals surface area contributed by atoms with Crippen molar-refractivity contribution in [2.75, 3.05) is 6.54 Å². The summed E-state index contributed by atoms with van der Waals surface area (Å²) >= 11 is 0.